The second-order valence-corrected chi connectivity index (χ2v) is 12.3. The molecule has 2 fully saturated rings. The van der Waals surface area contributed by atoms with Gasteiger partial charge in [-0.1, -0.05) is 26.8 Å². The molecule has 4 N–H and O–H groups in total. The zero-order chi connectivity index (χ0) is 24.3. The quantitative estimate of drug-likeness (QED) is 0.466. The summed E-state index contributed by atoms with van der Waals surface area (Å²) in [7, 11) is 0. The Balaban J connectivity index is 1.68. The van der Waals surface area contributed by atoms with Crippen LogP contribution in [-0.2, 0) is 4.79 Å². The highest BCUT2D eigenvalue weighted by molar-refractivity contribution is 5.99. The number of rotatable bonds is 5. The van der Waals surface area contributed by atoms with Crippen LogP contribution in [0.4, 0.5) is 0 Å². The van der Waals surface area contributed by atoms with E-state index in [1.54, 1.807) is 6.92 Å². The highest BCUT2D eigenvalue weighted by atomic mass is 16.3. The Morgan fingerprint density at radius 1 is 1.18 bits per heavy atom. The summed E-state index contributed by atoms with van der Waals surface area (Å²) in [6.07, 6.45) is 6.41. The lowest BCUT2D eigenvalue weighted by Gasteiger charge is -2.59. The first kappa shape index (κ1) is 25.1. The Labute approximate surface area is 199 Å². The van der Waals surface area contributed by atoms with Crippen LogP contribution in [0.2, 0.25) is 0 Å². The molecule has 0 aromatic heterocycles. The molecule has 0 aromatic rings. The van der Waals surface area contributed by atoms with Crippen molar-refractivity contribution < 1.29 is 25.2 Å². The van der Waals surface area contributed by atoms with Gasteiger partial charge in [0.25, 0.3) is 0 Å². The fourth-order valence-corrected chi connectivity index (χ4v) is 8.64. The van der Waals surface area contributed by atoms with E-state index in [0.717, 1.165) is 42.4 Å². The first-order chi connectivity index (χ1) is 15.4. The van der Waals surface area contributed by atoms with Gasteiger partial charge in [-0.15, -0.1) is 0 Å². The summed E-state index contributed by atoms with van der Waals surface area (Å²) in [6.45, 7) is 10.4. The van der Waals surface area contributed by atoms with Gasteiger partial charge in [0, 0.05) is 23.3 Å². The normalized spacial score (nSPS) is 46.6. The molecule has 0 heterocycles. The highest BCUT2D eigenvalue weighted by Crippen LogP contribution is 2.66. The molecule has 0 amide bonds. The van der Waals surface area contributed by atoms with Crippen LogP contribution in [0.25, 0.3) is 0 Å². The van der Waals surface area contributed by atoms with Crippen molar-refractivity contribution in [1.29, 1.82) is 0 Å². The van der Waals surface area contributed by atoms with Crippen LogP contribution in [0.15, 0.2) is 22.8 Å². The van der Waals surface area contributed by atoms with E-state index in [1.165, 1.54) is 0 Å². The van der Waals surface area contributed by atoms with E-state index in [1.807, 2.05) is 13.0 Å². The van der Waals surface area contributed by atoms with Crippen LogP contribution >= 0.6 is 0 Å². The minimum Gasteiger partial charge on any atom is -0.392 e. The fraction of sp³-hybridized carbons (Fsp3) is 0.821. The van der Waals surface area contributed by atoms with E-state index >= 15 is 0 Å². The molecule has 33 heavy (non-hydrogen) atoms. The summed E-state index contributed by atoms with van der Waals surface area (Å²) in [5.74, 6) is 0.856. The first-order valence-corrected chi connectivity index (χ1v) is 13.0. The molecule has 4 aliphatic rings. The summed E-state index contributed by atoms with van der Waals surface area (Å²) < 4.78 is 0. The second-order valence-electron chi connectivity index (χ2n) is 12.3. The van der Waals surface area contributed by atoms with Gasteiger partial charge in [0.2, 0.25) is 0 Å². The highest BCUT2D eigenvalue weighted by Gasteiger charge is 2.63. The predicted octanol–water partition coefficient (Wildman–Crippen LogP) is 3.94. The molecule has 0 bridgehead atoms. The number of ketones is 1. The fourth-order valence-electron chi connectivity index (χ4n) is 8.64. The number of aliphatic hydroxyl groups excluding tert-OH is 3. The smallest absolute Gasteiger partial charge is 0.160 e. The van der Waals surface area contributed by atoms with Crippen LogP contribution in [-0.4, -0.2) is 50.6 Å². The molecule has 9 atom stereocenters. The number of hydrogen-bond acceptors (Lipinski definition) is 5. The monoisotopic (exact) mass is 460 g/mol. The molecular formula is C28H44O5. The largest absolute Gasteiger partial charge is 0.392 e. The zero-order valence-corrected chi connectivity index (χ0v) is 21.1. The Morgan fingerprint density at radius 3 is 2.52 bits per heavy atom. The molecule has 0 unspecified atom stereocenters. The molecule has 4 rings (SSSR count). The van der Waals surface area contributed by atoms with Crippen molar-refractivity contribution in [2.24, 2.45) is 34.5 Å². The van der Waals surface area contributed by atoms with Crippen molar-refractivity contribution in [3.8, 4) is 0 Å². The number of aliphatic hydroxyl groups is 4. The molecule has 0 aliphatic heterocycles. The Morgan fingerprint density at radius 2 is 1.88 bits per heavy atom. The molecule has 0 spiro atoms. The van der Waals surface area contributed by atoms with Crippen molar-refractivity contribution in [2.45, 2.75) is 104 Å². The summed E-state index contributed by atoms with van der Waals surface area (Å²) in [5, 5.41) is 42.6. The van der Waals surface area contributed by atoms with Crippen LogP contribution in [0.5, 0.6) is 0 Å². The number of carbonyl (C=O) groups excluding carboxylic acids is 1. The Bertz CT molecular complexity index is 856. The average Bonchev–Trinajstić information content (AvgIpc) is 3.09. The molecule has 5 heteroatoms. The maximum absolute atomic E-state index is 13.8. The molecule has 4 aliphatic carbocycles. The minimum absolute atomic E-state index is 0.104. The lowest BCUT2D eigenvalue weighted by Crippen LogP contribution is -2.61. The number of Topliss-reactive ketones (excluding diaryl/α,β-unsaturated/α-hetero) is 1. The van der Waals surface area contributed by atoms with Crippen LogP contribution < -0.4 is 0 Å². The van der Waals surface area contributed by atoms with Gasteiger partial charge in [0.1, 0.15) is 0 Å². The third-order valence-electron chi connectivity index (χ3n) is 10.6. The topological polar surface area (TPSA) is 98.0 Å². The van der Waals surface area contributed by atoms with Crippen molar-refractivity contribution in [1.82, 2.24) is 0 Å². The zero-order valence-electron chi connectivity index (χ0n) is 21.1. The minimum atomic E-state index is -1.31. The predicted molar refractivity (Wildman–Crippen MR) is 128 cm³/mol. The van der Waals surface area contributed by atoms with Crippen LogP contribution in [0.1, 0.15) is 86.0 Å². The molecule has 2 saturated carbocycles. The summed E-state index contributed by atoms with van der Waals surface area (Å²) >= 11 is 0. The second kappa shape index (κ2) is 8.58. The van der Waals surface area contributed by atoms with Crippen molar-refractivity contribution in [3.05, 3.63) is 22.8 Å². The molecular weight excluding hydrogens is 416 g/mol. The lowest BCUT2D eigenvalue weighted by molar-refractivity contribution is -0.174. The first-order valence-electron chi connectivity index (χ1n) is 13.0. The molecule has 186 valence electrons. The van der Waals surface area contributed by atoms with Gasteiger partial charge in [-0.3, -0.25) is 4.79 Å². The SMILES string of the molecule is C/C=C(/CO)CC[C@@H](C)[C@H]1CC[C@H]2C3=C(C(=O)C[C@]12C)[C@@]1(C)CC[C@@H](O)[C@](C)(O)[C@@H]1C[C@@H]3O. The Kier molecular flexibility index (Phi) is 6.53. The number of allylic oxidation sites excluding steroid dienone is 2. The van der Waals surface area contributed by atoms with Gasteiger partial charge in [-0.2, -0.15) is 0 Å². The maximum atomic E-state index is 13.8. The summed E-state index contributed by atoms with van der Waals surface area (Å²) in [6, 6.07) is 0. The number of carbonyl (C=O) groups is 1. The van der Waals surface area contributed by atoms with Gasteiger partial charge in [-0.05, 0) is 93.1 Å². The lowest BCUT2D eigenvalue weighted by atomic mass is 9.47. The van der Waals surface area contributed by atoms with Crippen molar-refractivity contribution >= 4 is 5.78 Å². The van der Waals surface area contributed by atoms with E-state index in [2.05, 4.69) is 20.8 Å². The third kappa shape index (κ3) is 3.69. The van der Waals surface area contributed by atoms with E-state index in [0.29, 0.717) is 37.5 Å². The van der Waals surface area contributed by atoms with Gasteiger partial charge in [0.15, 0.2) is 5.78 Å². The molecule has 0 aromatic carbocycles. The maximum Gasteiger partial charge on any atom is 0.160 e. The van der Waals surface area contributed by atoms with Crippen LogP contribution in [0, 0.1) is 34.5 Å². The van der Waals surface area contributed by atoms with E-state index < -0.39 is 23.2 Å². The van der Waals surface area contributed by atoms with Gasteiger partial charge in [-0.25, -0.2) is 0 Å². The third-order valence-corrected chi connectivity index (χ3v) is 10.6. The van der Waals surface area contributed by atoms with Crippen molar-refractivity contribution in [3.63, 3.8) is 0 Å². The molecule has 5 nitrogen and oxygen atoms in total. The average molecular weight is 461 g/mol. The van der Waals surface area contributed by atoms with Gasteiger partial charge < -0.3 is 20.4 Å². The summed E-state index contributed by atoms with van der Waals surface area (Å²) in [5.41, 5.74) is 0.841. The van der Waals surface area contributed by atoms with E-state index in [4.69, 9.17) is 0 Å². The number of hydrogen-bond donors (Lipinski definition) is 4. The Hall–Kier alpha value is -1.01. The number of fused-ring (bicyclic) bond motifs is 4. The van der Waals surface area contributed by atoms with Gasteiger partial charge >= 0.3 is 0 Å². The molecule has 0 radical (unpaired) electrons. The van der Waals surface area contributed by atoms with E-state index in [9.17, 15) is 25.2 Å². The van der Waals surface area contributed by atoms with E-state index in [-0.39, 0.29) is 29.6 Å². The molecule has 0 saturated heterocycles. The van der Waals surface area contributed by atoms with Crippen LogP contribution in [0.3, 0.4) is 0 Å². The van der Waals surface area contributed by atoms with Crippen molar-refractivity contribution in [2.75, 3.05) is 6.61 Å². The summed E-state index contributed by atoms with van der Waals surface area (Å²) in [4.78, 5) is 13.8. The standard InChI is InChI=1S/C28H44O5/c1-6-17(15-29)8-7-16(2)18-9-10-19-24-20(30)13-22-26(3,12-11-23(32)28(22,5)33)25(24)21(31)14-27(18,19)4/h6,16,18-20,22-23,29-30,32-33H,7-15H2,1-5H3/b17-6+/t16-,18-,19+,20+,22-,23-,26+,27-,28-/m1/s1. The van der Waals surface area contributed by atoms with Gasteiger partial charge in [0.05, 0.1) is 24.4 Å².